The van der Waals surface area contributed by atoms with E-state index < -0.39 is 0 Å². The Bertz CT molecular complexity index is 973. The van der Waals surface area contributed by atoms with Crippen LogP contribution < -0.4 is 9.47 Å². The van der Waals surface area contributed by atoms with Gasteiger partial charge in [0.1, 0.15) is 0 Å². The van der Waals surface area contributed by atoms with Crippen LogP contribution >= 0.6 is 27.7 Å². The Morgan fingerprint density at radius 3 is 2.55 bits per heavy atom. The van der Waals surface area contributed by atoms with E-state index in [1.54, 1.807) is 6.08 Å². The van der Waals surface area contributed by atoms with E-state index in [4.69, 9.17) is 9.47 Å². The first-order valence-electron chi connectivity index (χ1n) is 9.33. The molecule has 1 aliphatic rings. The summed E-state index contributed by atoms with van der Waals surface area (Å²) in [6.45, 7) is 7.05. The maximum absolute atomic E-state index is 12.8. The van der Waals surface area contributed by atoms with Crippen molar-refractivity contribution in [1.82, 2.24) is 4.90 Å². The summed E-state index contributed by atoms with van der Waals surface area (Å²) in [5.74, 6) is 0.928. The zero-order chi connectivity index (χ0) is 21.0. The van der Waals surface area contributed by atoms with Crippen LogP contribution in [0.15, 0.2) is 45.8 Å². The Balaban J connectivity index is 1.87. The van der Waals surface area contributed by atoms with E-state index in [0.29, 0.717) is 29.6 Å². The van der Waals surface area contributed by atoms with Crippen LogP contribution in [0.4, 0.5) is 4.79 Å². The van der Waals surface area contributed by atoms with Crippen LogP contribution in [0.2, 0.25) is 0 Å². The molecular weight excluding hydrogens is 454 g/mol. The van der Waals surface area contributed by atoms with Gasteiger partial charge in [-0.15, -0.1) is 0 Å². The molecule has 3 rings (SSSR count). The third kappa shape index (κ3) is 5.03. The Morgan fingerprint density at radius 1 is 1.10 bits per heavy atom. The standard InChI is InChI=1S/C22H22BrNO4S/c1-4-27-18-11-16(10-17(23)20(18)28-5-2)12-19-21(25)24(22(26)29-19)13-15-8-6-7-14(3)9-15/h6-12H,4-5,13H2,1-3H3/b19-12-. The number of hydrogen-bond acceptors (Lipinski definition) is 5. The number of imide groups is 1. The van der Waals surface area contributed by atoms with E-state index >= 15 is 0 Å². The van der Waals surface area contributed by atoms with Crippen molar-refractivity contribution < 1.29 is 19.1 Å². The van der Waals surface area contributed by atoms with Crippen molar-refractivity contribution in [2.75, 3.05) is 13.2 Å². The minimum atomic E-state index is -0.288. The second-order valence-electron chi connectivity index (χ2n) is 6.45. The molecule has 2 aromatic carbocycles. The number of thioether (sulfide) groups is 1. The van der Waals surface area contributed by atoms with Gasteiger partial charge in [-0.3, -0.25) is 14.5 Å². The van der Waals surface area contributed by atoms with Gasteiger partial charge < -0.3 is 9.47 Å². The first-order valence-corrected chi connectivity index (χ1v) is 10.9. The molecule has 0 bridgehead atoms. The molecule has 0 spiro atoms. The van der Waals surface area contributed by atoms with Gasteiger partial charge in [-0.25, -0.2) is 0 Å². The van der Waals surface area contributed by atoms with Gasteiger partial charge in [0.2, 0.25) is 0 Å². The van der Waals surface area contributed by atoms with Gasteiger partial charge in [0.25, 0.3) is 11.1 Å². The minimum Gasteiger partial charge on any atom is -0.490 e. The fraction of sp³-hybridized carbons (Fsp3) is 0.273. The third-order valence-corrected chi connectivity index (χ3v) is 5.71. The summed E-state index contributed by atoms with van der Waals surface area (Å²) in [6.07, 6.45) is 1.71. The zero-order valence-corrected chi connectivity index (χ0v) is 18.9. The molecule has 5 nitrogen and oxygen atoms in total. The van der Waals surface area contributed by atoms with Crippen molar-refractivity contribution in [3.63, 3.8) is 0 Å². The van der Waals surface area contributed by atoms with E-state index in [-0.39, 0.29) is 17.7 Å². The molecule has 152 valence electrons. The predicted molar refractivity (Wildman–Crippen MR) is 119 cm³/mol. The molecule has 0 unspecified atom stereocenters. The van der Waals surface area contributed by atoms with E-state index in [1.165, 1.54) is 4.90 Å². The average Bonchev–Trinajstić information content (AvgIpc) is 2.92. The maximum Gasteiger partial charge on any atom is 0.293 e. The number of nitrogens with zero attached hydrogens (tertiary/aromatic N) is 1. The first kappa shape index (κ1) is 21.5. The van der Waals surface area contributed by atoms with Gasteiger partial charge in [-0.2, -0.15) is 0 Å². The molecule has 29 heavy (non-hydrogen) atoms. The highest BCUT2D eigenvalue weighted by atomic mass is 79.9. The summed E-state index contributed by atoms with van der Waals surface area (Å²) < 4.78 is 12.1. The lowest BCUT2D eigenvalue weighted by molar-refractivity contribution is -0.123. The van der Waals surface area contributed by atoms with Crippen molar-refractivity contribution in [2.24, 2.45) is 0 Å². The Morgan fingerprint density at radius 2 is 1.86 bits per heavy atom. The van der Waals surface area contributed by atoms with Gasteiger partial charge in [0.05, 0.1) is 29.1 Å². The molecular formula is C22H22BrNO4S. The lowest BCUT2D eigenvalue weighted by Gasteiger charge is -2.14. The Hall–Kier alpha value is -2.25. The topological polar surface area (TPSA) is 55.8 Å². The number of aryl methyl sites for hydroxylation is 1. The summed E-state index contributed by atoms with van der Waals surface area (Å²) in [5.41, 5.74) is 2.77. The Labute approximate surface area is 183 Å². The van der Waals surface area contributed by atoms with E-state index in [2.05, 4.69) is 15.9 Å². The zero-order valence-electron chi connectivity index (χ0n) is 16.5. The molecule has 1 saturated heterocycles. The number of carbonyl (C=O) groups is 2. The molecule has 0 aromatic heterocycles. The molecule has 0 radical (unpaired) electrons. The van der Waals surface area contributed by atoms with Crippen molar-refractivity contribution in [3.8, 4) is 11.5 Å². The lowest BCUT2D eigenvalue weighted by atomic mass is 10.1. The van der Waals surface area contributed by atoms with Crippen molar-refractivity contribution >= 4 is 44.9 Å². The number of hydrogen-bond donors (Lipinski definition) is 0. The summed E-state index contributed by atoms with van der Waals surface area (Å²) in [5, 5.41) is -0.266. The van der Waals surface area contributed by atoms with Gasteiger partial charge in [0.15, 0.2) is 11.5 Å². The average molecular weight is 476 g/mol. The fourth-order valence-corrected chi connectivity index (χ4v) is 4.41. The quantitative estimate of drug-likeness (QED) is 0.474. The fourth-order valence-electron chi connectivity index (χ4n) is 3.00. The summed E-state index contributed by atoms with van der Waals surface area (Å²) in [7, 11) is 0. The largest absolute Gasteiger partial charge is 0.490 e. The van der Waals surface area contributed by atoms with Crippen LogP contribution in [-0.2, 0) is 11.3 Å². The van der Waals surface area contributed by atoms with Gasteiger partial charge in [-0.1, -0.05) is 29.8 Å². The highest BCUT2D eigenvalue weighted by molar-refractivity contribution is 9.10. The van der Waals surface area contributed by atoms with E-state index in [1.807, 2.05) is 57.2 Å². The smallest absolute Gasteiger partial charge is 0.293 e. The van der Waals surface area contributed by atoms with Crippen LogP contribution in [-0.4, -0.2) is 29.3 Å². The molecule has 0 N–H and O–H groups in total. The van der Waals surface area contributed by atoms with Crippen LogP contribution in [0.25, 0.3) is 6.08 Å². The summed E-state index contributed by atoms with van der Waals surface area (Å²) in [4.78, 5) is 26.9. The normalized spacial score (nSPS) is 15.3. The minimum absolute atomic E-state index is 0.265. The second-order valence-corrected chi connectivity index (χ2v) is 8.30. The third-order valence-electron chi connectivity index (χ3n) is 4.21. The van der Waals surface area contributed by atoms with Crippen molar-refractivity contribution in [3.05, 3.63) is 62.5 Å². The molecule has 1 heterocycles. The molecule has 2 aromatic rings. The molecule has 7 heteroatoms. The highest BCUT2D eigenvalue weighted by Gasteiger charge is 2.35. The number of rotatable bonds is 7. The monoisotopic (exact) mass is 475 g/mol. The number of carbonyl (C=O) groups excluding carboxylic acids is 2. The summed E-state index contributed by atoms with van der Waals surface area (Å²) in [6, 6.07) is 11.5. The molecule has 0 atom stereocenters. The molecule has 2 amide bonds. The van der Waals surface area contributed by atoms with Crippen LogP contribution in [0.1, 0.15) is 30.5 Å². The molecule has 0 saturated carbocycles. The molecule has 1 fully saturated rings. The first-order chi connectivity index (χ1) is 13.9. The van der Waals surface area contributed by atoms with Gasteiger partial charge >= 0.3 is 0 Å². The molecule has 0 aliphatic carbocycles. The van der Waals surface area contributed by atoms with E-state index in [9.17, 15) is 9.59 Å². The van der Waals surface area contributed by atoms with Crippen LogP contribution in [0, 0.1) is 6.92 Å². The van der Waals surface area contributed by atoms with Crippen molar-refractivity contribution in [1.29, 1.82) is 0 Å². The number of ether oxygens (including phenoxy) is 2. The maximum atomic E-state index is 12.8. The van der Waals surface area contributed by atoms with Crippen LogP contribution in [0.5, 0.6) is 11.5 Å². The number of halogens is 1. The Kier molecular flexibility index (Phi) is 7.03. The SMILES string of the molecule is CCOc1cc(/C=C2\SC(=O)N(Cc3cccc(C)c3)C2=O)cc(Br)c1OCC. The highest BCUT2D eigenvalue weighted by Crippen LogP contribution is 2.39. The lowest BCUT2D eigenvalue weighted by Crippen LogP contribution is -2.27. The van der Waals surface area contributed by atoms with Gasteiger partial charge in [0, 0.05) is 0 Å². The van der Waals surface area contributed by atoms with E-state index in [0.717, 1.165) is 32.9 Å². The van der Waals surface area contributed by atoms with Crippen molar-refractivity contribution in [2.45, 2.75) is 27.3 Å². The number of benzene rings is 2. The number of amides is 2. The molecule has 1 aliphatic heterocycles. The second kappa shape index (κ2) is 9.50. The van der Waals surface area contributed by atoms with Gasteiger partial charge in [-0.05, 0) is 77.8 Å². The van der Waals surface area contributed by atoms with Crippen LogP contribution in [0.3, 0.4) is 0 Å². The predicted octanol–water partition coefficient (Wildman–Crippen LogP) is 5.79. The summed E-state index contributed by atoms with van der Waals surface area (Å²) >= 11 is 4.46.